The van der Waals surface area contributed by atoms with Crippen molar-refractivity contribution < 1.29 is 14.6 Å². The lowest BCUT2D eigenvalue weighted by atomic mass is 10.2. The van der Waals surface area contributed by atoms with E-state index < -0.39 is 0 Å². The van der Waals surface area contributed by atoms with Gasteiger partial charge in [-0.1, -0.05) is 23.2 Å². The van der Waals surface area contributed by atoms with E-state index in [9.17, 15) is 0 Å². The molecule has 5 nitrogen and oxygen atoms in total. The van der Waals surface area contributed by atoms with Gasteiger partial charge >= 0.3 is 0 Å². The van der Waals surface area contributed by atoms with Gasteiger partial charge < -0.3 is 14.6 Å². The van der Waals surface area contributed by atoms with E-state index in [4.69, 9.17) is 37.8 Å². The number of hydrogen-bond acceptors (Lipinski definition) is 5. The largest absolute Gasteiger partial charge is 0.493 e. The molecule has 2 aromatic rings. The first-order chi connectivity index (χ1) is 11.5. The van der Waals surface area contributed by atoms with Crippen molar-refractivity contribution in [3.8, 4) is 11.5 Å². The lowest BCUT2D eigenvalue weighted by Gasteiger charge is -2.11. The molecule has 0 aliphatic heterocycles. The lowest BCUT2D eigenvalue weighted by molar-refractivity contribution is 0.196. The highest BCUT2D eigenvalue weighted by Gasteiger charge is 2.09. The number of halogens is 3. The molecule has 0 saturated carbocycles. The number of rotatable bonds is 7. The summed E-state index contributed by atoms with van der Waals surface area (Å²) in [5.41, 5.74) is 4.38. The molecule has 0 fully saturated rings. The molecule has 0 bridgehead atoms. The van der Waals surface area contributed by atoms with Crippen molar-refractivity contribution in [2.75, 3.05) is 25.7 Å². The normalized spacial score (nSPS) is 10.9. The third-order valence-corrected chi connectivity index (χ3v) is 4.37. The first-order valence-corrected chi connectivity index (χ1v) is 8.45. The Morgan fingerprint density at radius 2 is 2.00 bits per heavy atom. The van der Waals surface area contributed by atoms with Gasteiger partial charge in [0.2, 0.25) is 0 Å². The Bertz CT molecular complexity index is 742. The van der Waals surface area contributed by atoms with Crippen molar-refractivity contribution in [1.82, 2.24) is 0 Å². The minimum atomic E-state index is -0.0719. The average molecular weight is 434 g/mol. The Morgan fingerprint density at radius 1 is 1.21 bits per heavy atom. The molecule has 24 heavy (non-hydrogen) atoms. The number of hydrogen-bond donors (Lipinski definition) is 2. The van der Waals surface area contributed by atoms with Crippen LogP contribution in [0.1, 0.15) is 5.56 Å². The monoisotopic (exact) mass is 432 g/mol. The fourth-order valence-corrected chi connectivity index (χ4v) is 2.54. The maximum Gasteiger partial charge on any atom is 0.162 e. The van der Waals surface area contributed by atoms with E-state index in [0.29, 0.717) is 27.2 Å². The smallest absolute Gasteiger partial charge is 0.162 e. The van der Waals surface area contributed by atoms with E-state index in [1.165, 1.54) is 0 Å². The molecule has 0 aliphatic carbocycles. The summed E-state index contributed by atoms with van der Waals surface area (Å²) in [6.45, 7) is 0.118. The van der Waals surface area contributed by atoms with Gasteiger partial charge in [0.15, 0.2) is 11.5 Å². The van der Waals surface area contributed by atoms with Crippen molar-refractivity contribution in [2.24, 2.45) is 5.10 Å². The second kappa shape index (κ2) is 9.13. The van der Waals surface area contributed by atoms with Gasteiger partial charge in [0.1, 0.15) is 6.61 Å². The second-order valence-corrected chi connectivity index (χ2v) is 6.26. The van der Waals surface area contributed by atoms with E-state index in [1.54, 1.807) is 43.7 Å². The second-order valence-electron chi connectivity index (χ2n) is 4.60. The van der Waals surface area contributed by atoms with Gasteiger partial charge in [-0.3, -0.25) is 5.43 Å². The predicted octanol–water partition coefficient (Wildman–Crippen LogP) is 4.58. The zero-order valence-electron chi connectivity index (χ0n) is 12.7. The molecule has 0 saturated heterocycles. The van der Waals surface area contributed by atoms with Crippen LogP contribution in [0.15, 0.2) is 39.9 Å². The number of aliphatic hydroxyl groups is 1. The molecular weight excluding hydrogens is 419 g/mol. The average Bonchev–Trinajstić information content (AvgIpc) is 2.57. The summed E-state index contributed by atoms with van der Waals surface area (Å²) in [6.07, 6.45) is 1.63. The molecule has 2 aromatic carbocycles. The maximum atomic E-state index is 8.85. The fraction of sp³-hybridized carbons (Fsp3) is 0.188. The maximum absolute atomic E-state index is 8.85. The molecule has 0 amide bonds. The first-order valence-electron chi connectivity index (χ1n) is 6.90. The van der Waals surface area contributed by atoms with E-state index in [0.717, 1.165) is 10.0 Å². The van der Waals surface area contributed by atoms with E-state index in [1.807, 2.05) is 0 Å². The summed E-state index contributed by atoms with van der Waals surface area (Å²) < 4.78 is 11.5. The highest BCUT2D eigenvalue weighted by molar-refractivity contribution is 9.10. The van der Waals surface area contributed by atoms with E-state index in [2.05, 4.69) is 26.5 Å². The number of methoxy groups -OCH3 is 1. The number of nitrogens with zero attached hydrogens (tertiary/aromatic N) is 1. The zero-order chi connectivity index (χ0) is 17.5. The molecule has 0 radical (unpaired) electrons. The Hall–Kier alpha value is -1.47. The number of anilines is 1. The number of hydrazone groups is 1. The molecule has 2 rings (SSSR count). The molecule has 0 aromatic heterocycles. The van der Waals surface area contributed by atoms with Gasteiger partial charge in [-0.15, -0.1) is 0 Å². The summed E-state index contributed by atoms with van der Waals surface area (Å²) in [5, 5.41) is 14.0. The fourth-order valence-electron chi connectivity index (χ4n) is 1.82. The number of ether oxygens (including phenoxy) is 2. The van der Waals surface area contributed by atoms with Crippen LogP contribution in [-0.4, -0.2) is 31.6 Å². The van der Waals surface area contributed by atoms with Gasteiger partial charge in [0.05, 0.1) is 35.7 Å². The van der Waals surface area contributed by atoms with Gasteiger partial charge in [-0.2, -0.15) is 5.10 Å². The van der Waals surface area contributed by atoms with Crippen molar-refractivity contribution in [3.63, 3.8) is 0 Å². The predicted molar refractivity (Wildman–Crippen MR) is 101 cm³/mol. The minimum absolute atomic E-state index is 0.0719. The molecule has 8 heteroatoms. The third-order valence-electron chi connectivity index (χ3n) is 2.95. The molecular formula is C16H15BrCl2N2O3. The summed E-state index contributed by atoms with van der Waals surface area (Å²) in [7, 11) is 1.55. The number of benzene rings is 2. The molecule has 0 heterocycles. The van der Waals surface area contributed by atoms with Crippen LogP contribution >= 0.6 is 39.1 Å². The molecule has 0 atom stereocenters. The first kappa shape index (κ1) is 18.9. The standard InChI is InChI=1S/C16H15BrCl2N2O3/c1-23-15-6-10(12(17)8-16(15)24-5-4-22)9-20-21-11-2-3-13(18)14(19)7-11/h2-3,6-9,21-22H,4-5H2,1H3/b20-9+. The van der Waals surface area contributed by atoms with Gasteiger partial charge in [-0.05, 0) is 46.3 Å². The molecule has 0 spiro atoms. The van der Waals surface area contributed by atoms with Crippen LogP contribution in [0.4, 0.5) is 5.69 Å². The van der Waals surface area contributed by atoms with Gasteiger partial charge in [-0.25, -0.2) is 0 Å². The van der Waals surface area contributed by atoms with Crippen LogP contribution in [0.2, 0.25) is 10.0 Å². The van der Waals surface area contributed by atoms with Crippen molar-refractivity contribution in [3.05, 3.63) is 50.4 Å². The minimum Gasteiger partial charge on any atom is -0.493 e. The Labute approximate surface area is 158 Å². The van der Waals surface area contributed by atoms with Crippen LogP contribution in [0.25, 0.3) is 0 Å². The van der Waals surface area contributed by atoms with E-state index in [-0.39, 0.29) is 13.2 Å². The van der Waals surface area contributed by atoms with Crippen LogP contribution in [0.3, 0.4) is 0 Å². The van der Waals surface area contributed by atoms with Crippen LogP contribution < -0.4 is 14.9 Å². The zero-order valence-corrected chi connectivity index (χ0v) is 15.8. The summed E-state index contributed by atoms with van der Waals surface area (Å²) in [5.74, 6) is 1.08. The Kier molecular flexibility index (Phi) is 7.17. The van der Waals surface area contributed by atoms with Crippen LogP contribution in [0, 0.1) is 0 Å². The van der Waals surface area contributed by atoms with Crippen LogP contribution in [-0.2, 0) is 0 Å². The molecule has 2 N–H and O–H groups in total. The van der Waals surface area contributed by atoms with E-state index >= 15 is 0 Å². The summed E-state index contributed by atoms with van der Waals surface area (Å²) >= 11 is 15.3. The van der Waals surface area contributed by atoms with Crippen molar-refractivity contribution >= 4 is 51.0 Å². The highest BCUT2D eigenvalue weighted by Crippen LogP contribution is 2.33. The Balaban J connectivity index is 2.14. The number of nitrogens with one attached hydrogen (secondary N) is 1. The summed E-state index contributed by atoms with van der Waals surface area (Å²) in [4.78, 5) is 0. The quantitative estimate of drug-likeness (QED) is 0.495. The Morgan fingerprint density at radius 3 is 2.67 bits per heavy atom. The van der Waals surface area contributed by atoms with Gasteiger partial charge in [0.25, 0.3) is 0 Å². The SMILES string of the molecule is COc1cc(/C=N/Nc2ccc(Cl)c(Cl)c2)c(Br)cc1OCCO. The topological polar surface area (TPSA) is 63.1 Å². The molecule has 128 valence electrons. The molecule has 0 unspecified atom stereocenters. The highest BCUT2D eigenvalue weighted by atomic mass is 79.9. The van der Waals surface area contributed by atoms with Crippen molar-refractivity contribution in [1.29, 1.82) is 0 Å². The lowest BCUT2D eigenvalue weighted by Crippen LogP contribution is -2.03. The molecule has 0 aliphatic rings. The van der Waals surface area contributed by atoms with Crippen molar-refractivity contribution in [2.45, 2.75) is 0 Å². The van der Waals surface area contributed by atoms with Gasteiger partial charge in [0, 0.05) is 10.0 Å². The van der Waals surface area contributed by atoms with Crippen LogP contribution in [0.5, 0.6) is 11.5 Å². The number of aliphatic hydroxyl groups excluding tert-OH is 1. The summed E-state index contributed by atoms with van der Waals surface area (Å²) in [6, 6.07) is 8.68. The third kappa shape index (κ3) is 5.01.